The minimum atomic E-state index is -0.526. The van der Waals surface area contributed by atoms with Gasteiger partial charge in [0.25, 0.3) is 0 Å². The second kappa shape index (κ2) is 4.88. The molecule has 0 unspecified atom stereocenters. The summed E-state index contributed by atoms with van der Waals surface area (Å²) in [5.41, 5.74) is 4.15. The Morgan fingerprint density at radius 2 is 1.89 bits per heavy atom. The Morgan fingerprint density at radius 3 is 2.67 bits per heavy atom. The van der Waals surface area contributed by atoms with Crippen molar-refractivity contribution in [1.29, 1.82) is 0 Å². The van der Waals surface area contributed by atoms with Crippen LogP contribution in [0, 0.1) is 0 Å². The van der Waals surface area contributed by atoms with E-state index in [9.17, 15) is 0 Å². The third kappa shape index (κ3) is 2.09. The summed E-state index contributed by atoms with van der Waals surface area (Å²) in [6.45, 7) is 0. The molecule has 94 valence electrons. The Hall–Kier alpha value is -0.500. The van der Waals surface area contributed by atoms with Crippen LogP contribution in [-0.4, -0.2) is 4.98 Å². The Labute approximate surface area is 121 Å². The number of aromatic nitrogens is 1. The number of benzene rings is 1. The number of rotatable bonds is 1. The molecule has 0 N–H and O–H groups in total. The first kappa shape index (κ1) is 12.5. The third-order valence-corrected chi connectivity index (χ3v) is 4.40. The van der Waals surface area contributed by atoms with Gasteiger partial charge in [0.2, 0.25) is 0 Å². The van der Waals surface area contributed by atoms with Gasteiger partial charge in [-0.1, -0.05) is 17.7 Å². The molecule has 1 aromatic carbocycles. The molecule has 1 heterocycles. The minimum Gasteiger partial charge on any atom is -0.252 e. The molecule has 3 rings (SSSR count). The average molecular weight is 301 g/mol. The molecule has 1 aliphatic carbocycles. The van der Waals surface area contributed by atoms with E-state index >= 15 is 0 Å². The number of nitrogens with zero attached hydrogens (tertiary/aromatic N) is 1. The van der Waals surface area contributed by atoms with E-state index < -0.39 is 4.84 Å². The number of pyridine rings is 1. The van der Waals surface area contributed by atoms with Crippen molar-refractivity contribution in [2.45, 2.75) is 30.5 Å². The molecular weight excluding hydrogens is 289 g/mol. The first-order chi connectivity index (χ1) is 8.66. The summed E-state index contributed by atoms with van der Waals surface area (Å²) in [7, 11) is 0. The van der Waals surface area contributed by atoms with Gasteiger partial charge in [0, 0.05) is 11.1 Å². The van der Waals surface area contributed by atoms with Crippen molar-refractivity contribution >= 4 is 45.7 Å². The van der Waals surface area contributed by atoms with E-state index in [2.05, 4.69) is 0 Å². The van der Waals surface area contributed by atoms with E-state index in [-0.39, 0.29) is 0 Å². The predicted molar refractivity (Wildman–Crippen MR) is 77.8 cm³/mol. The Bertz CT molecular complexity index is 608. The van der Waals surface area contributed by atoms with Crippen molar-refractivity contribution in [3.8, 4) is 0 Å². The van der Waals surface area contributed by atoms with E-state index in [4.69, 9.17) is 39.8 Å². The van der Waals surface area contributed by atoms with Gasteiger partial charge in [-0.15, -0.1) is 23.2 Å². The van der Waals surface area contributed by atoms with E-state index in [1.807, 2.05) is 18.2 Å². The summed E-state index contributed by atoms with van der Waals surface area (Å²) in [5.74, 6) is 0. The molecule has 0 bridgehead atoms. The lowest BCUT2D eigenvalue weighted by Gasteiger charge is -2.18. The lowest BCUT2D eigenvalue weighted by molar-refractivity contribution is 0.671. The molecule has 18 heavy (non-hydrogen) atoms. The number of hydrogen-bond donors (Lipinski definition) is 0. The normalized spacial score (nSPS) is 15.1. The number of alkyl halides is 2. The maximum atomic E-state index is 6.51. The minimum absolute atomic E-state index is 0.526. The molecule has 0 saturated heterocycles. The molecule has 1 nitrogen and oxygen atoms in total. The van der Waals surface area contributed by atoms with Crippen LogP contribution in [0.5, 0.6) is 0 Å². The van der Waals surface area contributed by atoms with Crippen LogP contribution < -0.4 is 0 Å². The van der Waals surface area contributed by atoms with E-state index in [1.165, 1.54) is 18.4 Å². The maximum Gasteiger partial charge on any atom is 0.132 e. The molecule has 0 saturated carbocycles. The molecular formula is C14H12Cl3N. The number of aryl methyl sites for hydroxylation is 1. The highest BCUT2D eigenvalue weighted by atomic mass is 35.5. The molecule has 1 aromatic heterocycles. The van der Waals surface area contributed by atoms with Crippen molar-refractivity contribution in [2.24, 2.45) is 0 Å². The molecule has 1 aliphatic rings. The SMILES string of the molecule is Clc1c2c(nc3ccc(C(Cl)Cl)cc13)CCCC2. The van der Waals surface area contributed by atoms with Gasteiger partial charge in [0.1, 0.15) is 4.84 Å². The van der Waals surface area contributed by atoms with Crippen LogP contribution in [0.4, 0.5) is 0 Å². The first-order valence-corrected chi connectivity index (χ1v) is 7.31. The van der Waals surface area contributed by atoms with Crippen molar-refractivity contribution in [1.82, 2.24) is 4.98 Å². The van der Waals surface area contributed by atoms with Crippen molar-refractivity contribution in [2.75, 3.05) is 0 Å². The zero-order valence-electron chi connectivity index (χ0n) is 9.72. The van der Waals surface area contributed by atoms with Crippen LogP contribution in [0.15, 0.2) is 18.2 Å². The summed E-state index contributed by atoms with van der Waals surface area (Å²) in [5, 5.41) is 1.78. The second-order valence-corrected chi connectivity index (χ2v) is 6.11. The molecule has 0 atom stereocenters. The largest absolute Gasteiger partial charge is 0.252 e. The summed E-state index contributed by atoms with van der Waals surface area (Å²) in [6.07, 6.45) is 4.44. The smallest absolute Gasteiger partial charge is 0.132 e. The zero-order valence-corrected chi connectivity index (χ0v) is 12.0. The topological polar surface area (TPSA) is 12.9 Å². The molecule has 0 fully saturated rings. The summed E-state index contributed by atoms with van der Waals surface area (Å²) in [6, 6.07) is 5.80. The fourth-order valence-electron chi connectivity index (χ4n) is 2.52. The molecule has 0 amide bonds. The number of hydrogen-bond acceptors (Lipinski definition) is 1. The highest BCUT2D eigenvalue weighted by Gasteiger charge is 2.17. The predicted octanol–water partition coefficient (Wildman–Crippen LogP) is 5.24. The van der Waals surface area contributed by atoms with Crippen LogP contribution >= 0.6 is 34.8 Å². The molecule has 0 aliphatic heterocycles. The number of halogens is 3. The molecule has 0 spiro atoms. The fraction of sp³-hybridized carbons (Fsp3) is 0.357. The third-order valence-electron chi connectivity index (χ3n) is 3.47. The van der Waals surface area contributed by atoms with Gasteiger partial charge >= 0.3 is 0 Å². The maximum absolute atomic E-state index is 6.51. The molecule has 4 heteroatoms. The quantitative estimate of drug-likeness (QED) is 0.656. The van der Waals surface area contributed by atoms with Crippen LogP contribution in [0.2, 0.25) is 5.02 Å². The van der Waals surface area contributed by atoms with Gasteiger partial charge in [0.15, 0.2) is 0 Å². The van der Waals surface area contributed by atoms with Gasteiger partial charge in [-0.2, -0.15) is 0 Å². The summed E-state index contributed by atoms with van der Waals surface area (Å²) in [4.78, 5) is 4.18. The lowest BCUT2D eigenvalue weighted by Crippen LogP contribution is -2.06. The van der Waals surface area contributed by atoms with Gasteiger partial charge in [-0.3, -0.25) is 4.98 Å². The van der Waals surface area contributed by atoms with E-state index in [0.29, 0.717) is 0 Å². The highest BCUT2D eigenvalue weighted by molar-refractivity contribution is 6.44. The average Bonchev–Trinajstić information content (AvgIpc) is 2.38. The van der Waals surface area contributed by atoms with Gasteiger partial charge < -0.3 is 0 Å². The van der Waals surface area contributed by atoms with Crippen LogP contribution in [-0.2, 0) is 12.8 Å². The van der Waals surface area contributed by atoms with Crippen molar-refractivity contribution in [3.63, 3.8) is 0 Å². The first-order valence-electron chi connectivity index (χ1n) is 6.06. The second-order valence-electron chi connectivity index (χ2n) is 4.64. The van der Waals surface area contributed by atoms with Crippen LogP contribution in [0.3, 0.4) is 0 Å². The lowest BCUT2D eigenvalue weighted by atomic mass is 9.94. The summed E-state index contributed by atoms with van der Waals surface area (Å²) >= 11 is 18.3. The fourth-order valence-corrected chi connectivity index (χ4v) is 3.15. The highest BCUT2D eigenvalue weighted by Crippen LogP contribution is 2.35. The zero-order chi connectivity index (χ0) is 12.7. The van der Waals surface area contributed by atoms with Gasteiger partial charge in [0.05, 0.1) is 10.5 Å². The van der Waals surface area contributed by atoms with Crippen LogP contribution in [0.25, 0.3) is 10.9 Å². The van der Waals surface area contributed by atoms with Gasteiger partial charge in [-0.25, -0.2) is 0 Å². The molecule has 2 aromatic rings. The van der Waals surface area contributed by atoms with E-state index in [0.717, 1.165) is 40.0 Å². The standard InChI is InChI=1S/C14H12Cl3N/c15-13-9-3-1-2-4-11(9)18-12-6-5-8(14(16)17)7-10(12)13/h5-7,14H,1-4H2. The van der Waals surface area contributed by atoms with Crippen LogP contribution in [0.1, 0.15) is 34.5 Å². The Balaban J connectivity index is 2.26. The van der Waals surface area contributed by atoms with Crippen molar-refractivity contribution < 1.29 is 0 Å². The monoisotopic (exact) mass is 299 g/mol. The Kier molecular flexibility index (Phi) is 3.40. The number of fused-ring (bicyclic) bond motifs is 2. The molecule has 0 radical (unpaired) electrons. The van der Waals surface area contributed by atoms with E-state index in [1.54, 1.807) is 0 Å². The Morgan fingerprint density at radius 1 is 1.11 bits per heavy atom. The van der Waals surface area contributed by atoms with Gasteiger partial charge in [-0.05, 0) is 48.9 Å². The van der Waals surface area contributed by atoms with Crippen molar-refractivity contribution in [3.05, 3.63) is 40.0 Å². The summed E-state index contributed by atoms with van der Waals surface area (Å²) < 4.78 is 0.